The Hall–Kier alpha value is -2.70. The molecule has 4 rings (SSSR count). The number of likely N-dealkylation sites (tertiary alicyclic amines) is 1. The fraction of sp³-hybridized carbons (Fsp3) is 0.444. The third-order valence-corrected chi connectivity index (χ3v) is 4.87. The van der Waals surface area contributed by atoms with E-state index in [1.807, 2.05) is 30.2 Å². The molecule has 0 bridgehead atoms. The molecule has 7 heteroatoms. The van der Waals surface area contributed by atoms with Gasteiger partial charge in [-0.3, -0.25) is 4.79 Å². The normalized spacial score (nSPS) is 18.0. The first-order chi connectivity index (χ1) is 12.2. The molecule has 1 aliphatic rings. The maximum absolute atomic E-state index is 13.2. The highest BCUT2D eigenvalue weighted by Crippen LogP contribution is 2.32. The third-order valence-electron chi connectivity index (χ3n) is 4.87. The third kappa shape index (κ3) is 2.69. The van der Waals surface area contributed by atoms with E-state index < -0.39 is 0 Å². The van der Waals surface area contributed by atoms with Crippen molar-refractivity contribution in [2.45, 2.75) is 45.6 Å². The number of rotatable bonds is 3. The molecule has 0 aromatic carbocycles. The first-order valence-corrected chi connectivity index (χ1v) is 8.75. The van der Waals surface area contributed by atoms with Crippen LogP contribution >= 0.6 is 0 Å². The number of carbonyl (C=O) groups excluding carboxylic acids is 1. The minimum Gasteiger partial charge on any atom is -0.361 e. The predicted octanol–water partition coefficient (Wildman–Crippen LogP) is 2.96. The summed E-state index contributed by atoms with van der Waals surface area (Å²) >= 11 is 0. The molecule has 3 aromatic rings. The van der Waals surface area contributed by atoms with Crippen LogP contribution in [0.1, 0.15) is 59.7 Å². The fourth-order valence-electron chi connectivity index (χ4n) is 3.57. The molecule has 1 fully saturated rings. The van der Waals surface area contributed by atoms with E-state index in [1.54, 1.807) is 17.6 Å². The SMILES string of the molecule is CCc1noc(C)c1C(=O)N1CCCC[C@@H]1c1ccn2nccc2n1. The summed E-state index contributed by atoms with van der Waals surface area (Å²) in [4.78, 5) is 19.9. The van der Waals surface area contributed by atoms with Crippen molar-refractivity contribution in [1.82, 2.24) is 24.7 Å². The first kappa shape index (κ1) is 15.8. The average molecular weight is 339 g/mol. The Balaban J connectivity index is 1.71. The van der Waals surface area contributed by atoms with Crippen LogP contribution in [0.3, 0.4) is 0 Å². The van der Waals surface area contributed by atoms with Crippen LogP contribution in [0.4, 0.5) is 0 Å². The summed E-state index contributed by atoms with van der Waals surface area (Å²) in [6.07, 6.45) is 7.31. The number of piperidine rings is 1. The predicted molar refractivity (Wildman–Crippen MR) is 91.2 cm³/mol. The smallest absolute Gasteiger partial charge is 0.259 e. The van der Waals surface area contributed by atoms with Gasteiger partial charge in [0, 0.05) is 18.8 Å². The number of hydrogen-bond donors (Lipinski definition) is 0. The molecule has 3 aromatic heterocycles. The molecule has 7 nitrogen and oxygen atoms in total. The molecule has 25 heavy (non-hydrogen) atoms. The summed E-state index contributed by atoms with van der Waals surface area (Å²) < 4.78 is 7.00. The topological polar surface area (TPSA) is 76.5 Å². The summed E-state index contributed by atoms with van der Waals surface area (Å²) in [6, 6.07) is 3.80. The second-order valence-corrected chi connectivity index (χ2v) is 6.41. The Kier molecular flexibility index (Phi) is 3.99. The molecule has 4 heterocycles. The molecule has 1 amide bonds. The van der Waals surface area contributed by atoms with Gasteiger partial charge in [0.2, 0.25) is 0 Å². The maximum Gasteiger partial charge on any atom is 0.259 e. The van der Waals surface area contributed by atoms with Gasteiger partial charge in [-0.2, -0.15) is 5.10 Å². The zero-order valence-electron chi connectivity index (χ0n) is 14.5. The summed E-state index contributed by atoms with van der Waals surface area (Å²) in [5, 5.41) is 8.22. The maximum atomic E-state index is 13.2. The lowest BCUT2D eigenvalue weighted by molar-refractivity contribution is 0.0603. The van der Waals surface area contributed by atoms with Crippen molar-refractivity contribution < 1.29 is 9.32 Å². The largest absolute Gasteiger partial charge is 0.361 e. The molecule has 0 aliphatic carbocycles. The van der Waals surface area contributed by atoms with Crippen LogP contribution in [0, 0.1) is 6.92 Å². The molecule has 0 unspecified atom stereocenters. The molecule has 0 radical (unpaired) electrons. The number of carbonyl (C=O) groups is 1. The van der Waals surface area contributed by atoms with Crippen LogP contribution in [0.15, 0.2) is 29.0 Å². The highest BCUT2D eigenvalue weighted by Gasteiger charge is 2.33. The van der Waals surface area contributed by atoms with Crippen LogP contribution in [0.2, 0.25) is 0 Å². The van der Waals surface area contributed by atoms with Gasteiger partial charge < -0.3 is 9.42 Å². The number of aromatic nitrogens is 4. The summed E-state index contributed by atoms with van der Waals surface area (Å²) in [7, 11) is 0. The van der Waals surface area contributed by atoms with Gasteiger partial charge in [-0.25, -0.2) is 9.50 Å². The highest BCUT2D eigenvalue weighted by atomic mass is 16.5. The minimum absolute atomic E-state index is 0.00418. The number of hydrogen-bond acceptors (Lipinski definition) is 5. The average Bonchev–Trinajstić information content (AvgIpc) is 3.26. The van der Waals surface area contributed by atoms with Gasteiger partial charge in [0.1, 0.15) is 11.3 Å². The van der Waals surface area contributed by atoms with Gasteiger partial charge >= 0.3 is 0 Å². The van der Waals surface area contributed by atoms with E-state index >= 15 is 0 Å². The zero-order valence-corrected chi connectivity index (χ0v) is 14.5. The Bertz CT molecular complexity index is 913. The van der Waals surface area contributed by atoms with Crippen molar-refractivity contribution in [3.05, 3.63) is 47.2 Å². The van der Waals surface area contributed by atoms with Crippen molar-refractivity contribution in [2.75, 3.05) is 6.54 Å². The van der Waals surface area contributed by atoms with E-state index in [0.29, 0.717) is 17.7 Å². The van der Waals surface area contributed by atoms with Crippen molar-refractivity contribution in [3.8, 4) is 0 Å². The number of aryl methyl sites for hydroxylation is 2. The van der Waals surface area contributed by atoms with Crippen LogP contribution in [0.5, 0.6) is 0 Å². The lowest BCUT2D eigenvalue weighted by Crippen LogP contribution is -2.39. The monoisotopic (exact) mass is 339 g/mol. The fourth-order valence-corrected chi connectivity index (χ4v) is 3.57. The summed E-state index contributed by atoms with van der Waals surface area (Å²) in [5.74, 6) is 0.584. The van der Waals surface area contributed by atoms with Crippen LogP contribution in [-0.2, 0) is 6.42 Å². The van der Waals surface area contributed by atoms with Crippen molar-refractivity contribution in [2.24, 2.45) is 0 Å². The van der Waals surface area contributed by atoms with Gasteiger partial charge in [-0.1, -0.05) is 12.1 Å². The Morgan fingerprint density at radius 3 is 3.08 bits per heavy atom. The van der Waals surface area contributed by atoms with Gasteiger partial charge in [0.25, 0.3) is 5.91 Å². The molecule has 1 atom stereocenters. The zero-order chi connectivity index (χ0) is 17.4. The van der Waals surface area contributed by atoms with Crippen LogP contribution < -0.4 is 0 Å². The highest BCUT2D eigenvalue weighted by molar-refractivity contribution is 5.96. The van der Waals surface area contributed by atoms with Gasteiger partial charge in [0.05, 0.1) is 23.6 Å². The van der Waals surface area contributed by atoms with Gasteiger partial charge in [0.15, 0.2) is 5.65 Å². The molecule has 130 valence electrons. The van der Waals surface area contributed by atoms with E-state index in [0.717, 1.165) is 42.8 Å². The number of fused-ring (bicyclic) bond motifs is 1. The second kappa shape index (κ2) is 6.31. The minimum atomic E-state index is -0.0276. The Morgan fingerprint density at radius 2 is 2.24 bits per heavy atom. The van der Waals surface area contributed by atoms with E-state index in [9.17, 15) is 4.79 Å². The number of amides is 1. The van der Waals surface area contributed by atoms with Gasteiger partial charge in [-0.05, 0) is 38.7 Å². The lowest BCUT2D eigenvalue weighted by Gasteiger charge is -2.35. The molecule has 1 saturated heterocycles. The molecular weight excluding hydrogens is 318 g/mol. The van der Waals surface area contributed by atoms with E-state index in [4.69, 9.17) is 9.51 Å². The second-order valence-electron chi connectivity index (χ2n) is 6.41. The van der Waals surface area contributed by atoms with E-state index in [1.165, 1.54) is 0 Å². The Labute approximate surface area is 145 Å². The Morgan fingerprint density at radius 1 is 1.36 bits per heavy atom. The first-order valence-electron chi connectivity index (χ1n) is 8.75. The summed E-state index contributed by atoms with van der Waals surface area (Å²) in [5.41, 5.74) is 3.05. The van der Waals surface area contributed by atoms with Crippen molar-refractivity contribution in [1.29, 1.82) is 0 Å². The number of nitrogens with zero attached hydrogens (tertiary/aromatic N) is 5. The van der Waals surface area contributed by atoms with Crippen LogP contribution in [0.25, 0.3) is 5.65 Å². The van der Waals surface area contributed by atoms with E-state index in [-0.39, 0.29) is 11.9 Å². The van der Waals surface area contributed by atoms with Crippen LogP contribution in [-0.4, -0.2) is 37.1 Å². The molecule has 0 saturated carbocycles. The standard InChI is InChI=1S/C18H21N5O2/c1-3-13-17(12(2)25-21-13)18(24)22-10-5-4-6-15(22)14-8-11-23-16(20-14)7-9-19-23/h7-9,11,15H,3-6,10H2,1-2H3/t15-/m1/s1. The van der Waals surface area contributed by atoms with Crippen molar-refractivity contribution in [3.63, 3.8) is 0 Å². The van der Waals surface area contributed by atoms with Crippen molar-refractivity contribution >= 4 is 11.6 Å². The summed E-state index contributed by atoms with van der Waals surface area (Å²) in [6.45, 7) is 4.51. The molecule has 1 aliphatic heterocycles. The van der Waals surface area contributed by atoms with Gasteiger partial charge in [-0.15, -0.1) is 0 Å². The lowest BCUT2D eigenvalue weighted by atomic mass is 9.97. The molecule has 0 N–H and O–H groups in total. The molecular formula is C18H21N5O2. The molecule has 0 spiro atoms. The van der Waals surface area contributed by atoms with E-state index in [2.05, 4.69) is 10.3 Å². The quantitative estimate of drug-likeness (QED) is 0.733.